The van der Waals surface area contributed by atoms with Crippen molar-refractivity contribution in [2.45, 2.75) is 97.9 Å². The molecule has 0 aliphatic carbocycles. The van der Waals surface area contributed by atoms with Gasteiger partial charge in [-0.25, -0.2) is 0 Å². The van der Waals surface area contributed by atoms with Crippen LogP contribution in [0, 0.1) is 5.92 Å². The summed E-state index contributed by atoms with van der Waals surface area (Å²) in [6, 6.07) is 0.282. The normalized spacial score (nSPS) is 13.5. The molecule has 1 unspecified atom stereocenters. The molecule has 0 aromatic carbocycles. The SMILES string of the molecule is CC/C=C\C/C=C\CCCSSCC(CC(C)C)NC(=O)CCC/C=C\C/C=C\CC. The van der Waals surface area contributed by atoms with Gasteiger partial charge in [0.25, 0.3) is 0 Å². The lowest BCUT2D eigenvalue weighted by molar-refractivity contribution is -0.121. The molecule has 0 heterocycles. The standard InChI is InChI=1S/C27H47NOS2/c1-5-7-9-11-13-15-17-19-21-27(29)28-26(23-25(3)4)24-31-30-22-20-18-16-14-12-10-8-6-2/h7-10,13-16,25-26H,5-6,11-12,17-24H2,1-4H3,(H,28,29)/b9-7-,10-8-,15-13-,16-14-. The maximum atomic E-state index is 12.3. The van der Waals surface area contributed by atoms with E-state index >= 15 is 0 Å². The molecule has 2 nitrogen and oxygen atoms in total. The van der Waals surface area contributed by atoms with E-state index in [1.54, 1.807) is 0 Å². The van der Waals surface area contributed by atoms with Crippen LogP contribution in [-0.4, -0.2) is 23.5 Å². The first-order valence-electron chi connectivity index (χ1n) is 12.2. The smallest absolute Gasteiger partial charge is 0.220 e. The zero-order chi connectivity index (χ0) is 23.0. The summed E-state index contributed by atoms with van der Waals surface area (Å²) in [4.78, 5) is 12.3. The summed E-state index contributed by atoms with van der Waals surface area (Å²) in [5, 5.41) is 3.28. The number of rotatable bonds is 20. The molecule has 4 heteroatoms. The Morgan fingerprint density at radius 2 is 1.39 bits per heavy atom. The van der Waals surface area contributed by atoms with Gasteiger partial charge in [-0.1, -0.05) is 97.9 Å². The number of unbranched alkanes of at least 4 members (excludes halogenated alkanes) is 2. The van der Waals surface area contributed by atoms with Crippen molar-refractivity contribution in [3.63, 3.8) is 0 Å². The molecular weight excluding hydrogens is 418 g/mol. The van der Waals surface area contributed by atoms with Gasteiger partial charge in [0.05, 0.1) is 0 Å². The average Bonchev–Trinajstić information content (AvgIpc) is 2.73. The number of hydrogen-bond donors (Lipinski definition) is 1. The maximum absolute atomic E-state index is 12.3. The van der Waals surface area contributed by atoms with Crippen molar-refractivity contribution in [2.24, 2.45) is 5.92 Å². The number of amides is 1. The molecule has 1 amide bonds. The van der Waals surface area contributed by atoms with Gasteiger partial charge in [-0.05, 0) is 63.7 Å². The molecule has 0 spiro atoms. The van der Waals surface area contributed by atoms with Gasteiger partial charge >= 0.3 is 0 Å². The Morgan fingerprint density at radius 3 is 1.97 bits per heavy atom. The molecule has 0 aliphatic heterocycles. The van der Waals surface area contributed by atoms with Crippen molar-refractivity contribution in [1.29, 1.82) is 0 Å². The molecule has 1 atom stereocenters. The number of carbonyl (C=O) groups is 1. The number of allylic oxidation sites excluding steroid dienone is 8. The van der Waals surface area contributed by atoms with Gasteiger partial charge in [0, 0.05) is 24.0 Å². The maximum Gasteiger partial charge on any atom is 0.220 e. The first kappa shape index (κ1) is 30.1. The molecule has 0 aliphatic rings. The van der Waals surface area contributed by atoms with Crippen LogP contribution >= 0.6 is 21.6 Å². The van der Waals surface area contributed by atoms with Crippen molar-refractivity contribution >= 4 is 27.5 Å². The van der Waals surface area contributed by atoms with Crippen molar-refractivity contribution in [3.8, 4) is 0 Å². The third-order valence-electron chi connectivity index (χ3n) is 4.53. The molecule has 0 aromatic heterocycles. The molecule has 0 fully saturated rings. The van der Waals surface area contributed by atoms with Crippen LogP contribution in [0.4, 0.5) is 0 Å². The van der Waals surface area contributed by atoms with E-state index in [0.717, 1.165) is 57.1 Å². The van der Waals surface area contributed by atoms with Crippen LogP contribution in [0.2, 0.25) is 0 Å². The van der Waals surface area contributed by atoms with Gasteiger partial charge in [0.15, 0.2) is 0 Å². The highest BCUT2D eigenvalue weighted by Gasteiger charge is 2.14. The number of nitrogens with one attached hydrogen (secondary N) is 1. The highest BCUT2D eigenvalue weighted by atomic mass is 33.1. The molecule has 0 bridgehead atoms. The summed E-state index contributed by atoms with van der Waals surface area (Å²) in [7, 11) is 3.85. The second-order valence-corrected chi connectivity index (χ2v) is 10.8. The van der Waals surface area contributed by atoms with E-state index < -0.39 is 0 Å². The molecule has 178 valence electrons. The molecule has 0 saturated heterocycles. The zero-order valence-corrected chi connectivity index (χ0v) is 22.1. The van der Waals surface area contributed by atoms with Gasteiger partial charge in [0.2, 0.25) is 5.91 Å². The molecule has 0 aromatic rings. The van der Waals surface area contributed by atoms with Crippen LogP contribution in [-0.2, 0) is 4.79 Å². The van der Waals surface area contributed by atoms with Crippen LogP contribution in [0.15, 0.2) is 48.6 Å². The van der Waals surface area contributed by atoms with Crippen molar-refractivity contribution < 1.29 is 4.79 Å². The predicted molar refractivity (Wildman–Crippen MR) is 146 cm³/mol. The van der Waals surface area contributed by atoms with Gasteiger partial charge < -0.3 is 5.32 Å². The minimum atomic E-state index is 0.206. The molecular formula is C27H47NOS2. The zero-order valence-electron chi connectivity index (χ0n) is 20.5. The van der Waals surface area contributed by atoms with E-state index in [1.165, 1.54) is 12.2 Å². The second-order valence-electron chi connectivity index (χ2n) is 8.21. The number of hydrogen-bond acceptors (Lipinski definition) is 3. The van der Waals surface area contributed by atoms with Crippen LogP contribution in [0.5, 0.6) is 0 Å². The van der Waals surface area contributed by atoms with Crippen LogP contribution in [0.1, 0.15) is 91.9 Å². The van der Waals surface area contributed by atoms with Crippen LogP contribution in [0.25, 0.3) is 0 Å². The Hall–Kier alpha value is -0.870. The highest BCUT2D eigenvalue weighted by molar-refractivity contribution is 8.76. The fourth-order valence-electron chi connectivity index (χ4n) is 2.98. The first-order chi connectivity index (χ1) is 15.1. The molecule has 31 heavy (non-hydrogen) atoms. The fourth-order valence-corrected chi connectivity index (χ4v) is 5.35. The van der Waals surface area contributed by atoms with E-state index in [1.807, 2.05) is 21.6 Å². The Morgan fingerprint density at radius 1 is 0.806 bits per heavy atom. The summed E-state index contributed by atoms with van der Waals surface area (Å²) < 4.78 is 0. The largest absolute Gasteiger partial charge is 0.353 e. The van der Waals surface area contributed by atoms with Gasteiger partial charge in [0.1, 0.15) is 0 Å². The Balaban J connectivity index is 3.93. The van der Waals surface area contributed by atoms with Crippen LogP contribution < -0.4 is 5.32 Å². The summed E-state index contributed by atoms with van der Waals surface area (Å²) in [6.45, 7) is 8.78. The van der Waals surface area contributed by atoms with E-state index in [0.29, 0.717) is 12.3 Å². The van der Waals surface area contributed by atoms with Crippen LogP contribution in [0.3, 0.4) is 0 Å². The van der Waals surface area contributed by atoms with E-state index in [4.69, 9.17) is 0 Å². The average molecular weight is 466 g/mol. The van der Waals surface area contributed by atoms with Gasteiger partial charge in [-0.2, -0.15) is 0 Å². The fraction of sp³-hybridized carbons (Fsp3) is 0.667. The third-order valence-corrected chi connectivity index (χ3v) is 7.10. The highest BCUT2D eigenvalue weighted by Crippen LogP contribution is 2.25. The minimum Gasteiger partial charge on any atom is -0.353 e. The minimum absolute atomic E-state index is 0.206. The Labute approximate surface area is 201 Å². The summed E-state index contributed by atoms with van der Waals surface area (Å²) in [5.41, 5.74) is 0. The topological polar surface area (TPSA) is 29.1 Å². The summed E-state index contributed by atoms with van der Waals surface area (Å²) >= 11 is 0. The molecule has 0 rings (SSSR count). The first-order valence-corrected chi connectivity index (χ1v) is 14.7. The number of carbonyl (C=O) groups excluding carboxylic acids is 1. The molecule has 1 N–H and O–H groups in total. The summed E-state index contributed by atoms with van der Waals surface area (Å²) in [6.07, 6.45) is 28.0. The lowest BCUT2D eigenvalue weighted by Gasteiger charge is -2.20. The predicted octanol–water partition coefficient (Wildman–Crippen LogP) is 8.67. The third kappa shape index (κ3) is 23.6. The monoisotopic (exact) mass is 465 g/mol. The van der Waals surface area contributed by atoms with Gasteiger partial charge in [-0.3, -0.25) is 4.79 Å². The molecule has 0 saturated carbocycles. The lowest BCUT2D eigenvalue weighted by atomic mass is 10.0. The van der Waals surface area contributed by atoms with E-state index in [9.17, 15) is 4.79 Å². The molecule has 0 radical (unpaired) electrons. The Kier molecular flexibility index (Phi) is 23.1. The lowest BCUT2D eigenvalue weighted by Crippen LogP contribution is -2.37. The van der Waals surface area contributed by atoms with Gasteiger partial charge in [-0.15, -0.1) is 0 Å². The van der Waals surface area contributed by atoms with Crippen molar-refractivity contribution in [2.75, 3.05) is 11.5 Å². The second kappa shape index (κ2) is 23.8. The summed E-state index contributed by atoms with van der Waals surface area (Å²) in [5.74, 6) is 2.97. The Bertz CT molecular complexity index is 523. The van der Waals surface area contributed by atoms with Crippen molar-refractivity contribution in [1.82, 2.24) is 5.32 Å². The van der Waals surface area contributed by atoms with Crippen molar-refractivity contribution in [3.05, 3.63) is 48.6 Å². The van der Waals surface area contributed by atoms with E-state index in [2.05, 4.69) is 81.6 Å². The quantitative estimate of drug-likeness (QED) is 0.111. The van der Waals surface area contributed by atoms with E-state index in [-0.39, 0.29) is 11.9 Å².